The van der Waals surface area contributed by atoms with Crippen LogP contribution in [0.25, 0.3) is 0 Å². The number of hydrogen-bond acceptors (Lipinski definition) is 3. The van der Waals surface area contributed by atoms with Gasteiger partial charge in [-0.3, -0.25) is 9.48 Å². The molecule has 6 heteroatoms. The minimum absolute atomic E-state index is 0.0781. The third-order valence-electron chi connectivity index (χ3n) is 5.84. The second-order valence-electron chi connectivity index (χ2n) is 7.52. The molecule has 0 radical (unpaired) electrons. The van der Waals surface area contributed by atoms with E-state index < -0.39 is 0 Å². The summed E-state index contributed by atoms with van der Waals surface area (Å²) in [6.45, 7) is 1.21. The molecule has 0 fully saturated rings. The van der Waals surface area contributed by atoms with Crippen molar-refractivity contribution < 1.29 is 4.79 Å². The number of nitrogens with one attached hydrogen (secondary N) is 1. The molecule has 0 saturated carbocycles. The van der Waals surface area contributed by atoms with Crippen LogP contribution in [-0.2, 0) is 26.4 Å². The zero-order valence-electron chi connectivity index (χ0n) is 15.5. The number of aromatic nitrogens is 4. The first-order chi connectivity index (χ1) is 13.2. The van der Waals surface area contributed by atoms with Gasteiger partial charge in [0.25, 0.3) is 5.91 Å². The van der Waals surface area contributed by atoms with Crippen LogP contribution in [0.15, 0.2) is 36.7 Å². The number of H-pyrrole nitrogens is 1. The Hall–Kier alpha value is -2.89. The van der Waals surface area contributed by atoms with Gasteiger partial charge in [-0.15, -0.1) is 0 Å². The van der Waals surface area contributed by atoms with E-state index in [4.69, 9.17) is 0 Å². The molecular weight excluding hydrogens is 338 g/mol. The molecule has 6 nitrogen and oxygen atoms in total. The van der Waals surface area contributed by atoms with E-state index >= 15 is 0 Å². The van der Waals surface area contributed by atoms with Crippen LogP contribution < -0.4 is 0 Å². The molecule has 27 heavy (non-hydrogen) atoms. The van der Waals surface area contributed by atoms with E-state index in [1.165, 1.54) is 5.56 Å². The smallest absolute Gasteiger partial charge is 0.272 e. The molecule has 3 aromatic rings. The second kappa shape index (κ2) is 6.37. The third kappa shape index (κ3) is 2.67. The number of imidazole rings is 1. The fraction of sp³-hybridized carbons (Fsp3) is 0.381. The van der Waals surface area contributed by atoms with Crippen molar-refractivity contribution in [1.29, 1.82) is 0 Å². The van der Waals surface area contributed by atoms with Crippen LogP contribution in [0.5, 0.6) is 0 Å². The molecule has 2 aliphatic rings. The third-order valence-corrected chi connectivity index (χ3v) is 5.84. The van der Waals surface area contributed by atoms with Gasteiger partial charge in [0.05, 0.1) is 30.0 Å². The Kier molecular flexibility index (Phi) is 3.85. The Morgan fingerprint density at radius 3 is 2.85 bits per heavy atom. The first-order valence-corrected chi connectivity index (χ1v) is 9.63. The van der Waals surface area contributed by atoms with Gasteiger partial charge in [0.15, 0.2) is 0 Å². The average molecular weight is 361 g/mol. The highest BCUT2D eigenvalue weighted by atomic mass is 16.2. The molecule has 1 amide bonds. The van der Waals surface area contributed by atoms with Gasteiger partial charge in [0.1, 0.15) is 5.69 Å². The van der Waals surface area contributed by atoms with Crippen LogP contribution in [0.2, 0.25) is 0 Å². The van der Waals surface area contributed by atoms with Crippen molar-refractivity contribution in [2.24, 2.45) is 7.05 Å². The minimum Gasteiger partial charge on any atom is -0.347 e. The Labute approximate surface area is 158 Å². The lowest BCUT2D eigenvalue weighted by Crippen LogP contribution is -2.40. The second-order valence-corrected chi connectivity index (χ2v) is 7.52. The number of carbonyl (C=O) groups is 1. The summed E-state index contributed by atoms with van der Waals surface area (Å²) in [6, 6.07) is 10.3. The van der Waals surface area contributed by atoms with E-state index in [2.05, 4.69) is 27.2 Å². The molecule has 138 valence electrons. The average Bonchev–Trinajstić information content (AvgIpc) is 3.30. The number of aryl methyl sites for hydroxylation is 2. The maximum atomic E-state index is 13.5. The summed E-state index contributed by atoms with van der Waals surface area (Å²) in [7, 11) is 1.89. The normalized spacial score (nSPS) is 18.9. The summed E-state index contributed by atoms with van der Waals surface area (Å²) < 4.78 is 1.79. The zero-order valence-corrected chi connectivity index (χ0v) is 15.5. The number of amides is 1. The number of aromatic amines is 1. The van der Waals surface area contributed by atoms with Gasteiger partial charge in [0.2, 0.25) is 0 Å². The molecule has 1 aliphatic heterocycles. The van der Waals surface area contributed by atoms with E-state index in [9.17, 15) is 4.79 Å². The Morgan fingerprint density at radius 1 is 1.19 bits per heavy atom. The van der Waals surface area contributed by atoms with E-state index in [0.717, 1.165) is 54.0 Å². The predicted molar refractivity (Wildman–Crippen MR) is 101 cm³/mol. The summed E-state index contributed by atoms with van der Waals surface area (Å²) in [5, 5.41) is 4.63. The van der Waals surface area contributed by atoms with Gasteiger partial charge in [-0.05, 0) is 31.2 Å². The maximum Gasteiger partial charge on any atom is 0.272 e. The topological polar surface area (TPSA) is 66.8 Å². The van der Waals surface area contributed by atoms with Crippen LogP contribution >= 0.6 is 0 Å². The molecule has 1 unspecified atom stereocenters. The number of fused-ring (bicyclic) bond motifs is 2. The van der Waals surface area contributed by atoms with E-state index in [0.29, 0.717) is 13.1 Å². The first-order valence-electron chi connectivity index (χ1n) is 9.63. The van der Waals surface area contributed by atoms with Crippen molar-refractivity contribution in [2.75, 3.05) is 6.54 Å². The summed E-state index contributed by atoms with van der Waals surface area (Å²) in [6.07, 6.45) is 5.97. The monoisotopic (exact) mass is 361 g/mol. The van der Waals surface area contributed by atoms with Crippen LogP contribution in [-0.4, -0.2) is 37.1 Å². The quantitative estimate of drug-likeness (QED) is 0.763. The van der Waals surface area contributed by atoms with Gasteiger partial charge in [0, 0.05) is 25.1 Å². The van der Waals surface area contributed by atoms with Crippen molar-refractivity contribution in [2.45, 2.75) is 38.1 Å². The summed E-state index contributed by atoms with van der Waals surface area (Å²) in [5.41, 5.74) is 6.29. The molecule has 2 aromatic heterocycles. The fourth-order valence-corrected chi connectivity index (χ4v) is 4.52. The fourth-order valence-electron chi connectivity index (χ4n) is 4.52. The molecule has 0 bridgehead atoms. The Bertz CT molecular complexity index is 987. The number of carbonyl (C=O) groups excluding carboxylic acids is 1. The van der Waals surface area contributed by atoms with Gasteiger partial charge >= 0.3 is 0 Å². The molecular formula is C21H23N5O. The minimum atomic E-state index is 0.0781. The highest BCUT2D eigenvalue weighted by molar-refractivity contribution is 5.94. The molecule has 1 aromatic carbocycles. The largest absolute Gasteiger partial charge is 0.347 e. The summed E-state index contributed by atoms with van der Waals surface area (Å²) in [5.74, 6) is 0.170. The van der Waals surface area contributed by atoms with E-state index in [1.54, 1.807) is 11.0 Å². The Morgan fingerprint density at radius 2 is 2.00 bits per heavy atom. The van der Waals surface area contributed by atoms with E-state index in [1.807, 2.05) is 30.1 Å². The van der Waals surface area contributed by atoms with Crippen molar-refractivity contribution in [3.05, 3.63) is 70.6 Å². The van der Waals surface area contributed by atoms with Crippen molar-refractivity contribution in [1.82, 2.24) is 24.6 Å². The number of nitrogens with zero attached hydrogens (tertiary/aromatic N) is 4. The Balaban J connectivity index is 1.52. The van der Waals surface area contributed by atoms with Crippen molar-refractivity contribution in [3.8, 4) is 0 Å². The lowest BCUT2D eigenvalue weighted by atomic mass is 9.90. The standard InChI is InChI=1S/C21H23N5O/c1-25-20(15-9-5-6-10-17(15)24-25)21(27)26-11-16(14-7-3-2-4-8-14)19-18(12-26)22-13-23-19/h2-4,7-8,13,16H,5-6,9-12H2,1H3,(H,22,23). The molecule has 1 atom stereocenters. The molecule has 0 spiro atoms. The first kappa shape index (κ1) is 16.3. The van der Waals surface area contributed by atoms with Gasteiger partial charge in [-0.25, -0.2) is 4.98 Å². The van der Waals surface area contributed by atoms with Gasteiger partial charge < -0.3 is 9.88 Å². The van der Waals surface area contributed by atoms with Crippen molar-refractivity contribution >= 4 is 5.91 Å². The molecule has 3 heterocycles. The zero-order chi connectivity index (χ0) is 18.4. The summed E-state index contributed by atoms with van der Waals surface area (Å²) in [4.78, 5) is 23.2. The highest BCUT2D eigenvalue weighted by Gasteiger charge is 2.34. The number of rotatable bonds is 2. The van der Waals surface area contributed by atoms with Crippen LogP contribution in [0.3, 0.4) is 0 Å². The van der Waals surface area contributed by atoms with Crippen molar-refractivity contribution in [3.63, 3.8) is 0 Å². The summed E-state index contributed by atoms with van der Waals surface area (Å²) >= 11 is 0. The lowest BCUT2D eigenvalue weighted by Gasteiger charge is -2.32. The van der Waals surface area contributed by atoms with Gasteiger partial charge in [-0.1, -0.05) is 30.3 Å². The van der Waals surface area contributed by atoms with Crippen LogP contribution in [0, 0.1) is 0 Å². The van der Waals surface area contributed by atoms with Crippen LogP contribution in [0.4, 0.5) is 0 Å². The maximum absolute atomic E-state index is 13.5. The number of hydrogen-bond donors (Lipinski definition) is 1. The highest BCUT2D eigenvalue weighted by Crippen LogP contribution is 2.33. The van der Waals surface area contributed by atoms with Gasteiger partial charge in [-0.2, -0.15) is 5.10 Å². The molecule has 1 N–H and O–H groups in total. The molecule has 0 saturated heterocycles. The molecule has 5 rings (SSSR count). The predicted octanol–water partition coefficient (Wildman–Crippen LogP) is 2.81. The molecule has 1 aliphatic carbocycles. The van der Waals surface area contributed by atoms with Crippen LogP contribution in [0.1, 0.15) is 57.5 Å². The SMILES string of the molecule is Cn1nc2c(c1C(=O)N1Cc3[nH]cnc3C(c3ccccc3)C1)CCCC2. The number of benzene rings is 1. The van der Waals surface area contributed by atoms with E-state index in [-0.39, 0.29) is 11.8 Å². The lowest BCUT2D eigenvalue weighted by molar-refractivity contribution is 0.0709.